The molecule has 0 bridgehead atoms. The van der Waals surface area contributed by atoms with Gasteiger partial charge in [-0.15, -0.1) is 0 Å². The molecule has 1 saturated heterocycles. The summed E-state index contributed by atoms with van der Waals surface area (Å²) in [4.78, 5) is 14.0. The zero-order chi connectivity index (χ0) is 17.4. The number of hydrogen-bond acceptors (Lipinski definition) is 3. The maximum atomic E-state index is 12.2. The summed E-state index contributed by atoms with van der Waals surface area (Å²) in [5, 5.41) is 8.88. The molecule has 1 amide bonds. The molecule has 1 rings (SSSR count). The molecule has 1 fully saturated rings. The quantitative estimate of drug-likeness (QED) is 0.824. The maximum Gasteiger partial charge on any atom is 0.410 e. The van der Waals surface area contributed by atoms with E-state index in [0.717, 1.165) is 25.8 Å². The van der Waals surface area contributed by atoms with Crippen LogP contribution in [0.2, 0.25) is 0 Å². The number of unbranched alkanes of at least 4 members (excludes halogenated alkanes) is 1. The van der Waals surface area contributed by atoms with Gasteiger partial charge in [0.05, 0.1) is 0 Å². The lowest BCUT2D eigenvalue weighted by molar-refractivity contribution is 0.0131. The Hall–Kier alpha value is -0.770. The SMILES string of the molecule is CC(C)(C)OC(=O)N1C[C@@H](CCCO)CC1(C)C.CCCC. The van der Waals surface area contributed by atoms with Crippen molar-refractivity contribution in [2.24, 2.45) is 5.92 Å². The highest BCUT2D eigenvalue weighted by atomic mass is 16.6. The van der Waals surface area contributed by atoms with Crippen LogP contribution >= 0.6 is 0 Å². The van der Waals surface area contributed by atoms with E-state index in [1.807, 2.05) is 25.7 Å². The first-order chi connectivity index (χ1) is 10.1. The minimum atomic E-state index is -0.448. The van der Waals surface area contributed by atoms with Gasteiger partial charge in [-0.25, -0.2) is 4.79 Å². The summed E-state index contributed by atoms with van der Waals surface area (Å²) in [5.41, 5.74) is -0.598. The predicted molar refractivity (Wildman–Crippen MR) is 92.0 cm³/mol. The van der Waals surface area contributed by atoms with Crippen LogP contribution in [0.4, 0.5) is 4.79 Å². The van der Waals surface area contributed by atoms with Crippen molar-refractivity contribution in [3.05, 3.63) is 0 Å². The normalized spacial score (nSPS) is 20.4. The van der Waals surface area contributed by atoms with Gasteiger partial charge in [-0.2, -0.15) is 0 Å². The summed E-state index contributed by atoms with van der Waals surface area (Å²) < 4.78 is 5.45. The summed E-state index contributed by atoms with van der Waals surface area (Å²) >= 11 is 0. The fourth-order valence-electron chi connectivity index (χ4n) is 2.60. The van der Waals surface area contributed by atoms with E-state index in [1.165, 1.54) is 12.8 Å². The molecule has 1 aliphatic rings. The molecule has 22 heavy (non-hydrogen) atoms. The minimum absolute atomic E-state index is 0.150. The van der Waals surface area contributed by atoms with E-state index in [4.69, 9.17) is 9.84 Å². The smallest absolute Gasteiger partial charge is 0.410 e. The Kier molecular flexibility index (Phi) is 9.06. The summed E-state index contributed by atoms with van der Waals surface area (Å²) in [6.45, 7) is 15.1. The lowest BCUT2D eigenvalue weighted by Gasteiger charge is -2.33. The number of hydrogen-bond donors (Lipinski definition) is 1. The molecule has 0 radical (unpaired) electrons. The highest BCUT2D eigenvalue weighted by Gasteiger charge is 2.42. The van der Waals surface area contributed by atoms with Gasteiger partial charge in [0.15, 0.2) is 0 Å². The number of ether oxygens (including phenoxy) is 1. The van der Waals surface area contributed by atoms with E-state index >= 15 is 0 Å². The van der Waals surface area contributed by atoms with Crippen molar-refractivity contribution in [2.75, 3.05) is 13.2 Å². The van der Waals surface area contributed by atoms with Gasteiger partial charge in [-0.3, -0.25) is 0 Å². The molecule has 0 saturated carbocycles. The van der Waals surface area contributed by atoms with Crippen molar-refractivity contribution in [1.82, 2.24) is 4.90 Å². The second-order valence-electron chi connectivity index (χ2n) is 7.84. The molecule has 1 aliphatic heterocycles. The lowest BCUT2D eigenvalue weighted by atomic mass is 9.93. The van der Waals surface area contributed by atoms with Gasteiger partial charge in [-0.05, 0) is 59.8 Å². The second kappa shape index (κ2) is 9.39. The van der Waals surface area contributed by atoms with Crippen molar-refractivity contribution in [3.8, 4) is 0 Å². The number of rotatable bonds is 4. The molecule has 0 aromatic carbocycles. The van der Waals surface area contributed by atoms with Crippen molar-refractivity contribution < 1.29 is 14.6 Å². The lowest BCUT2D eigenvalue weighted by Crippen LogP contribution is -2.45. The first kappa shape index (κ1) is 21.2. The molecule has 1 atom stereocenters. The van der Waals surface area contributed by atoms with Crippen LogP contribution in [0.1, 0.15) is 80.6 Å². The maximum absolute atomic E-state index is 12.2. The zero-order valence-electron chi connectivity index (χ0n) is 15.7. The molecule has 4 heteroatoms. The highest BCUT2D eigenvalue weighted by Crippen LogP contribution is 2.35. The number of aliphatic hydroxyl groups is 1. The predicted octanol–water partition coefficient (Wildman–Crippen LogP) is 4.60. The van der Waals surface area contributed by atoms with Crippen LogP contribution in [0, 0.1) is 5.92 Å². The first-order valence-electron chi connectivity index (χ1n) is 8.68. The summed E-state index contributed by atoms with van der Waals surface area (Å²) in [7, 11) is 0. The monoisotopic (exact) mass is 315 g/mol. The average Bonchev–Trinajstić information content (AvgIpc) is 2.70. The molecule has 132 valence electrons. The molecule has 1 N–H and O–H groups in total. The number of likely N-dealkylation sites (tertiary alicyclic amines) is 1. The molecule has 0 aromatic heterocycles. The van der Waals surface area contributed by atoms with E-state index in [9.17, 15) is 4.79 Å². The highest BCUT2D eigenvalue weighted by molar-refractivity contribution is 5.69. The number of nitrogens with zero attached hydrogens (tertiary/aromatic N) is 1. The Morgan fingerprint density at radius 1 is 1.27 bits per heavy atom. The standard InChI is InChI=1S/C14H27NO3.C4H10/c1-13(2,3)18-12(17)15-10-11(7-6-8-16)9-14(15,4)5;1-3-4-2/h11,16H,6-10H2,1-5H3;3-4H2,1-2H3/t11-;/m0./s1. The van der Waals surface area contributed by atoms with E-state index < -0.39 is 5.60 Å². The Morgan fingerprint density at radius 3 is 2.23 bits per heavy atom. The second-order valence-corrected chi connectivity index (χ2v) is 7.84. The summed E-state index contributed by atoms with van der Waals surface area (Å²) in [6, 6.07) is 0. The summed E-state index contributed by atoms with van der Waals surface area (Å²) in [5.74, 6) is 0.472. The summed E-state index contributed by atoms with van der Waals surface area (Å²) in [6.07, 6.45) is 5.17. The molecule has 0 spiro atoms. The third-order valence-electron chi connectivity index (χ3n) is 3.84. The number of aliphatic hydroxyl groups excluding tert-OH is 1. The Bertz CT molecular complexity index is 319. The first-order valence-corrected chi connectivity index (χ1v) is 8.68. The zero-order valence-corrected chi connectivity index (χ0v) is 15.7. The fraction of sp³-hybridized carbons (Fsp3) is 0.944. The van der Waals surface area contributed by atoms with Crippen LogP contribution in [0.25, 0.3) is 0 Å². The molecule has 0 aromatic rings. The van der Waals surface area contributed by atoms with Gasteiger partial charge >= 0.3 is 6.09 Å². The minimum Gasteiger partial charge on any atom is -0.444 e. The van der Waals surface area contributed by atoms with Crippen LogP contribution in [0.15, 0.2) is 0 Å². The molecular weight excluding hydrogens is 278 g/mol. The van der Waals surface area contributed by atoms with Crippen LogP contribution in [-0.4, -0.2) is 40.4 Å². The van der Waals surface area contributed by atoms with Crippen molar-refractivity contribution in [3.63, 3.8) is 0 Å². The van der Waals surface area contributed by atoms with Crippen LogP contribution in [-0.2, 0) is 4.74 Å². The third kappa shape index (κ3) is 8.02. The van der Waals surface area contributed by atoms with Gasteiger partial charge in [0.25, 0.3) is 0 Å². The fourth-order valence-corrected chi connectivity index (χ4v) is 2.60. The van der Waals surface area contributed by atoms with E-state index in [2.05, 4.69) is 27.7 Å². The Labute approximate surface area is 137 Å². The van der Waals surface area contributed by atoms with Crippen molar-refractivity contribution in [2.45, 2.75) is 91.7 Å². The Balaban J connectivity index is 0.000000980. The van der Waals surface area contributed by atoms with Gasteiger partial charge in [0.2, 0.25) is 0 Å². The van der Waals surface area contributed by atoms with Gasteiger partial charge in [-0.1, -0.05) is 26.7 Å². The van der Waals surface area contributed by atoms with Crippen LogP contribution in [0.3, 0.4) is 0 Å². The average molecular weight is 315 g/mol. The van der Waals surface area contributed by atoms with Gasteiger partial charge in [0.1, 0.15) is 5.60 Å². The van der Waals surface area contributed by atoms with Crippen LogP contribution < -0.4 is 0 Å². The topological polar surface area (TPSA) is 49.8 Å². The number of carbonyl (C=O) groups is 1. The van der Waals surface area contributed by atoms with E-state index in [-0.39, 0.29) is 18.2 Å². The van der Waals surface area contributed by atoms with E-state index in [1.54, 1.807) is 0 Å². The molecule has 4 nitrogen and oxygen atoms in total. The Morgan fingerprint density at radius 2 is 1.82 bits per heavy atom. The number of carbonyl (C=O) groups excluding carboxylic acids is 1. The molecule has 0 aliphatic carbocycles. The van der Waals surface area contributed by atoms with E-state index in [0.29, 0.717) is 5.92 Å². The van der Waals surface area contributed by atoms with Gasteiger partial charge in [0, 0.05) is 18.7 Å². The third-order valence-corrected chi connectivity index (χ3v) is 3.84. The molecular formula is C18H37NO3. The largest absolute Gasteiger partial charge is 0.444 e. The molecule has 0 unspecified atom stereocenters. The molecule has 1 heterocycles. The van der Waals surface area contributed by atoms with Crippen molar-refractivity contribution in [1.29, 1.82) is 0 Å². The van der Waals surface area contributed by atoms with Crippen LogP contribution in [0.5, 0.6) is 0 Å². The van der Waals surface area contributed by atoms with Gasteiger partial charge < -0.3 is 14.7 Å². The number of amides is 1. The van der Waals surface area contributed by atoms with Crippen molar-refractivity contribution >= 4 is 6.09 Å².